The fraction of sp³-hybridized carbons (Fsp3) is 0.250. The SMILES string of the molecule is COc1ccccc1CCCn1c(-c2cnccn2)noc1=O. The lowest BCUT2D eigenvalue weighted by atomic mass is 10.1. The summed E-state index contributed by atoms with van der Waals surface area (Å²) >= 11 is 0. The molecule has 118 valence electrons. The first-order chi connectivity index (χ1) is 11.3. The van der Waals surface area contributed by atoms with Gasteiger partial charge in [-0.15, -0.1) is 0 Å². The molecule has 3 aromatic rings. The normalized spacial score (nSPS) is 10.7. The molecule has 3 rings (SSSR count). The highest BCUT2D eigenvalue weighted by Gasteiger charge is 2.14. The summed E-state index contributed by atoms with van der Waals surface area (Å²) in [6.07, 6.45) is 6.19. The zero-order valence-electron chi connectivity index (χ0n) is 12.7. The molecule has 0 fully saturated rings. The molecule has 2 heterocycles. The molecule has 7 nitrogen and oxygen atoms in total. The average molecular weight is 312 g/mol. The molecule has 0 atom stereocenters. The Labute approximate surface area is 132 Å². The maximum absolute atomic E-state index is 11.8. The Balaban J connectivity index is 1.74. The van der Waals surface area contributed by atoms with Crippen LogP contribution in [0.3, 0.4) is 0 Å². The smallest absolute Gasteiger partial charge is 0.441 e. The van der Waals surface area contributed by atoms with Crippen molar-refractivity contribution in [1.82, 2.24) is 19.7 Å². The van der Waals surface area contributed by atoms with Crippen LogP contribution in [-0.2, 0) is 13.0 Å². The molecule has 0 spiro atoms. The molecule has 0 aliphatic carbocycles. The fourth-order valence-corrected chi connectivity index (χ4v) is 2.40. The van der Waals surface area contributed by atoms with Crippen LogP contribution in [0.2, 0.25) is 0 Å². The van der Waals surface area contributed by atoms with Gasteiger partial charge in [0, 0.05) is 18.9 Å². The van der Waals surface area contributed by atoms with Crippen LogP contribution in [0.4, 0.5) is 0 Å². The zero-order chi connectivity index (χ0) is 16.1. The largest absolute Gasteiger partial charge is 0.496 e. The topological polar surface area (TPSA) is 83.0 Å². The second-order valence-electron chi connectivity index (χ2n) is 4.93. The standard InChI is InChI=1S/C16H16N4O3/c1-22-14-7-3-2-5-12(14)6-4-10-20-15(19-23-16(20)21)13-11-17-8-9-18-13/h2-3,5,7-9,11H,4,6,10H2,1H3. The van der Waals surface area contributed by atoms with E-state index in [0.29, 0.717) is 18.1 Å². The predicted molar refractivity (Wildman–Crippen MR) is 83.1 cm³/mol. The highest BCUT2D eigenvalue weighted by molar-refractivity contribution is 5.46. The lowest BCUT2D eigenvalue weighted by Gasteiger charge is -2.08. The Hall–Kier alpha value is -2.96. The van der Waals surface area contributed by atoms with Crippen LogP contribution in [0.15, 0.2) is 52.2 Å². The van der Waals surface area contributed by atoms with Gasteiger partial charge in [-0.25, -0.2) is 9.78 Å². The number of benzene rings is 1. The summed E-state index contributed by atoms with van der Waals surface area (Å²) in [6.45, 7) is 0.478. The summed E-state index contributed by atoms with van der Waals surface area (Å²) in [6, 6.07) is 7.83. The van der Waals surface area contributed by atoms with Crippen molar-refractivity contribution in [2.24, 2.45) is 0 Å². The van der Waals surface area contributed by atoms with Crippen LogP contribution in [0.25, 0.3) is 11.5 Å². The molecule has 2 aromatic heterocycles. The van der Waals surface area contributed by atoms with E-state index in [2.05, 4.69) is 15.1 Å². The zero-order valence-corrected chi connectivity index (χ0v) is 12.7. The van der Waals surface area contributed by atoms with Crippen molar-refractivity contribution in [3.05, 3.63) is 59.0 Å². The molecule has 0 aliphatic rings. The molecule has 23 heavy (non-hydrogen) atoms. The second kappa shape index (κ2) is 6.87. The van der Waals surface area contributed by atoms with Gasteiger partial charge in [0.15, 0.2) is 0 Å². The van der Waals surface area contributed by atoms with Crippen LogP contribution in [0, 0.1) is 0 Å². The Bertz CT molecular complexity index is 827. The van der Waals surface area contributed by atoms with Crippen molar-refractivity contribution in [3.8, 4) is 17.3 Å². The Morgan fingerprint density at radius 2 is 2.13 bits per heavy atom. The highest BCUT2D eigenvalue weighted by atomic mass is 16.5. The van der Waals surface area contributed by atoms with Gasteiger partial charge in [0.1, 0.15) is 11.4 Å². The molecular weight excluding hydrogens is 296 g/mol. The summed E-state index contributed by atoms with van der Waals surface area (Å²) in [7, 11) is 1.65. The molecule has 0 amide bonds. The number of aromatic nitrogens is 4. The maximum Gasteiger partial charge on any atom is 0.441 e. The summed E-state index contributed by atoms with van der Waals surface area (Å²) in [5.74, 6) is 0.744. The first-order valence-electron chi connectivity index (χ1n) is 7.24. The molecule has 0 saturated heterocycles. The third-order valence-electron chi connectivity index (χ3n) is 3.50. The van der Waals surface area contributed by atoms with E-state index in [1.54, 1.807) is 25.7 Å². The van der Waals surface area contributed by atoms with Gasteiger partial charge in [-0.1, -0.05) is 23.4 Å². The van der Waals surface area contributed by atoms with E-state index in [-0.39, 0.29) is 0 Å². The summed E-state index contributed by atoms with van der Waals surface area (Å²) in [5, 5.41) is 3.79. The van der Waals surface area contributed by atoms with Gasteiger partial charge < -0.3 is 4.74 Å². The number of hydrogen-bond donors (Lipinski definition) is 0. The van der Waals surface area contributed by atoms with Crippen molar-refractivity contribution in [1.29, 1.82) is 0 Å². The highest BCUT2D eigenvalue weighted by Crippen LogP contribution is 2.19. The van der Waals surface area contributed by atoms with E-state index < -0.39 is 5.76 Å². The van der Waals surface area contributed by atoms with Crippen molar-refractivity contribution in [2.75, 3.05) is 7.11 Å². The van der Waals surface area contributed by atoms with Crippen LogP contribution >= 0.6 is 0 Å². The average Bonchev–Trinajstić information content (AvgIpc) is 2.97. The Morgan fingerprint density at radius 3 is 2.91 bits per heavy atom. The van der Waals surface area contributed by atoms with Crippen molar-refractivity contribution < 1.29 is 9.26 Å². The lowest BCUT2D eigenvalue weighted by molar-refractivity contribution is 0.374. The summed E-state index contributed by atoms with van der Waals surface area (Å²) in [5.41, 5.74) is 1.61. The van der Waals surface area contributed by atoms with Gasteiger partial charge >= 0.3 is 5.76 Å². The number of nitrogens with zero attached hydrogens (tertiary/aromatic N) is 4. The van der Waals surface area contributed by atoms with E-state index in [1.807, 2.05) is 24.3 Å². The minimum atomic E-state index is -0.495. The Morgan fingerprint density at radius 1 is 1.26 bits per heavy atom. The van der Waals surface area contributed by atoms with E-state index in [4.69, 9.17) is 9.26 Å². The number of hydrogen-bond acceptors (Lipinski definition) is 6. The van der Waals surface area contributed by atoms with E-state index >= 15 is 0 Å². The van der Waals surface area contributed by atoms with Gasteiger partial charge in [0.25, 0.3) is 0 Å². The van der Waals surface area contributed by atoms with E-state index in [9.17, 15) is 4.79 Å². The van der Waals surface area contributed by atoms with E-state index in [1.165, 1.54) is 4.57 Å². The Kier molecular flexibility index (Phi) is 4.46. The number of methoxy groups -OCH3 is 1. The molecular formula is C16H16N4O3. The fourth-order valence-electron chi connectivity index (χ4n) is 2.40. The number of aryl methyl sites for hydroxylation is 1. The molecule has 1 aromatic carbocycles. The first kappa shape index (κ1) is 15.0. The molecule has 0 saturated carbocycles. The number of ether oxygens (including phenoxy) is 1. The van der Waals surface area contributed by atoms with Crippen molar-refractivity contribution >= 4 is 0 Å². The molecule has 0 bridgehead atoms. The van der Waals surface area contributed by atoms with Crippen LogP contribution in [0.5, 0.6) is 5.75 Å². The predicted octanol–water partition coefficient (Wildman–Crippen LogP) is 1.93. The van der Waals surface area contributed by atoms with Gasteiger partial charge in [0.2, 0.25) is 5.82 Å². The van der Waals surface area contributed by atoms with Crippen LogP contribution < -0.4 is 10.5 Å². The number of para-hydroxylation sites is 1. The maximum atomic E-state index is 11.8. The third kappa shape index (κ3) is 3.28. The molecule has 0 radical (unpaired) electrons. The molecule has 0 aliphatic heterocycles. The lowest BCUT2D eigenvalue weighted by Crippen LogP contribution is -2.16. The van der Waals surface area contributed by atoms with Gasteiger partial charge in [0.05, 0.1) is 13.3 Å². The molecule has 7 heteroatoms. The van der Waals surface area contributed by atoms with Gasteiger partial charge in [-0.2, -0.15) is 0 Å². The van der Waals surface area contributed by atoms with Crippen molar-refractivity contribution in [2.45, 2.75) is 19.4 Å². The van der Waals surface area contributed by atoms with Crippen LogP contribution in [-0.4, -0.2) is 26.8 Å². The summed E-state index contributed by atoms with van der Waals surface area (Å²) < 4.78 is 11.6. The summed E-state index contributed by atoms with van der Waals surface area (Å²) in [4.78, 5) is 20.0. The van der Waals surface area contributed by atoms with Gasteiger partial charge in [-0.3, -0.25) is 14.1 Å². The van der Waals surface area contributed by atoms with Crippen molar-refractivity contribution in [3.63, 3.8) is 0 Å². The first-order valence-corrected chi connectivity index (χ1v) is 7.24. The molecule has 0 unspecified atom stereocenters. The number of rotatable bonds is 6. The van der Waals surface area contributed by atoms with Crippen LogP contribution in [0.1, 0.15) is 12.0 Å². The minimum absolute atomic E-state index is 0.392. The quantitative estimate of drug-likeness (QED) is 0.691. The van der Waals surface area contributed by atoms with Gasteiger partial charge in [-0.05, 0) is 24.5 Å². The minimum Gasteiger partial charge on any atom is -0.496 e. The second-order valence-corrected chi connectivity index (χ2v) is 4.93. The monoisotopic (exact) mass is 312 g/mol. The molecule has 0 N–H and O–H groups in total. The van der Waals surface area contributed by atoms with E-state index in [0.717, 1.165) is 24.2 Å². The third-order valence-corrected chi connectivity index (χ3v) is 3.50.